The van der Waals surface area contributed by atoms with Crippen LogP contribution in [0.15, 0.2) is 60.8 Å². The van der Waals surface area contributed by atoms with E-state index in [-0.39, 0.29) is 31.6 Å². The molecule has 52 heavy (non-hydrogen) atoms. The number of hydrogen-bond acceptors (Lipinski definition) is 6. The molecule has 1 N–H and O–H groups in total. The molecule has 0 aromatic rings. The van der Waals surface area contributed by atoms with E-state index in [2.05, 4.69) is 69.4 Å². The van der Waals surface area contributed by atoms with Crippen molar-refractivity contribution in [3.05, 3.63) is 60.8 Å². The monoisotopic (exact) mass is 727 g/mol. The van der Waals surface area contributed by atoms with Crippen LogP contribution in [0.4, 0.5) is 0 Å². The van der Waals surface area contributed by atoms with E-state index in [9.17, 15) is 14.7 Å². The van der Waals surface area contributed by atoms with Gasteiger partial charge in [0.25, 0.3) is 0 Å². The largest absolute Gasteiger partial charge is 0.463 e. The van der Waals surface area contributed by atoms with Gasteiger partial charge >= 0.3 is 11.9 Å². The summed E-state index contributed by atoms with van der Waals surface area (Å²) in [6, 6.07) is 0. The molecule has 1 saturated heterocycles. The first-order valence-corrected chi connectivity index (χ1v) is 21.4. The number of epoxide rings is 1. The van der Waals surface area contributed by atoms with Crippen LogP contribution in [0.2, 0.25) is 0 Å². The summed E-state index contributed by atoms with van der Waals surface area (Å²) in [6.07, 6.45) is 49.0. The van der Waals surface area contributed by atoms with Crippen molar-refractivity contribution < 1.29 is 28.9 Å². The SMILES string of the molecule is CC/C=C\CC1OC1C/C=C\C/C=C\C/C=C\C/C=C\CCC(=O)OC[C@@H](O)COC(=O)CCCCCCCCCCCCCCCCC(C)CC. The van der Waals surface area contributed by atoms with E-state index in [4.69, 9.17) is 14.2 Å². The molecule has 0 aromatic carbocycles. The molecule has 3 unspecified atom stereocenters. The quantitative estimate of drug-likeness (QED) is 0.0299. The number of allylic oxidation sites excluding steroid dienone is 8. The van der Waals surface area contributed by atoms with E-state index in [0.29, 0.717) is 25.0 Å². The van der Waals surface area contributed by atoms with Crippen LogP contribution >= 0.6 is 0 Å². The summed E-state index contributed by atoms with van der Waals surface area (Å²) < 4.78 is 16.0. The third-order valence-electron chi connectivity index (χ3n) is 9.72. The van der Waals surface area contributed by atoms with Crippen LogP contribution in [0, 0.1) is 5.92 Å². The van der Waals surface area contributed by atoms with Gasteiger partial charge in [-0.3, -0.25) is 9.59 Å². The topological polar surface area (TPSA) is 85.4 Å². The number of aliphatic hydroxyl groups excluding tert-OH is 1. The van der Waals surface area contributed by atoms with Crippen molar-refractivity contribution in [1.29, 1.82) is 0 Å². The minimum atomic E-state index is -0.999. The fourth-order valence-corrected chi connectivity index (χ4v) is 6.01. The predicted octanol–water partition coefficient (Wildman–Crippen LogP) is 12.4. The fraction of sp³-hybridized carbons (Fsp3) is 0.739. The number of hydrogen-bond donors (Lipinski definition) is 1. The molecule has 1 aliphatic rings. The van der Waals surface area contributed by atoms with Crippen molar-refractivity contribution in [3.63, 3.8) is 0 Å². The normalized spacial score (nSPS) is 17.3. The van der Waals surface area contributed by atoms with E-state index in [1.165, 1.54) is 83.5 Å². The maximum absolute atomic E-state index is 12.0. The number of carbonyl (C=O) groups excluding carboxylic acids is 2. The van der Waals surface area contributed by atoms with E-state index < -0.39 is 6.10 Å². The number of rotatable bonds is 36. The number of carbonyl (C=O) groups is 2. The highest BCUT2D eigenvalue weighted by molar-refractivity contribution is 5.70. The van der Waals surface area contributed by atoms with Crippen molar-refractivity contribution in [1.82, 2.24) is 0 Å². The molecule has 1 rings (SSSR count). The van der Waals surface area contributed by atoms with Gasteiger partial charge in [-0.25, -0.2) is 0 Å². The number of aliphatic hydroxyl groups is 1. The number of ether oxygens (including phenoxy) is 3. The Balaban J connectivity index is 1.85. The van der Waals surface area contributed by atoms with Crippen LogP contribution in [-0.2, 0) is 23.8 Å². The van der Waals surface area contributed by atoms with Gasteiger partial charge in [-0.05, 0) is 57.3 Å². The smallest absolute Gasteiger partial charge is 0.306 e. The highest BCUT2D eigenvalue weighted by atomic mass is 16.6. The second-order valence-electron chi connectivity index (χ2n) is 14.7. The maximum atomic E-state index is 12.0. The van der Waals surface area contributed by atoms with Gasteiger partial charge in [-0.15, -0.1) is 0 Å². The average molecular weight is 727 g/mol. The van der Waals surface area contributed by atoms with Crippen molar-refractivity contribution in [2.45, 2.75) is 200 Å². The zero-order valence-electron chi connectivity index (χ0n) is 33.7. The molecule has 0 aromatic heterocycles. The summed E-state index contributed by atoms with van der Waals surface area (Å²) in [4.78, 5) is 24.0. The van der Waals surface area contributed by atoms with Gasteiger partial charge in [0, 0.05) is 12.8 Å². The zero-order valence-corrected chi connectivity index (χ0v) is 33.7. The molecule has 4 atom stereocenters. The van der Waals surface area contributed by atoms with Gasteiger partial charge in [0.15, 0.2) is 0 Å². The van der Waals surface area contributed by atoms with E-state index >= 15 is 0 Å². The maximum Gasteiger partial charge on any atom is 0.306 e. The molecular weight excluding hydrogens is 648 g/mol. The minimum absolute atomic E-state index is 0.143. The van der Waals surface area contributed by atoms with Gasteiger partial charge in [-0.1, -0.05) is 178 Å². The highest BCUT2D eigenvalue weighted by Gasteiger charge is 2.35. The Morgan fingerprint density at radius 3 is 1.50 bits per heavy atom. The third-order valence-corrected chi connectivity index (χ3v) is 9.72. The molecule has 0 saturated carbocycles. The molecule has 0 bridgehead atoms. The Morgan fingerprint density at radius 2 is 1.00 bits per heavy atom. The Bertz CT molecular complexity index is 995. The molecule has 0 spiro atoms. The molecule has 1 aliphatic heterocycles. The van der Waals surface area contributed by atoms with E-state index in [1.54, 1.807) is 0 Å². The first kappa shape index (κ1) is 47.6. The van der Waals surface area contributed by atoms with Crippen LogP contribution in [0.5, 0.6) is 0 Å². The van der Waals surface area contributed by atoms with E-state index in [0.717, 1.165) is 63.7 Å². The average Bonchev–Trinajstić information content (AvgIpc) is 3.90. The minimum Gasteiger partial charge on any atom is -0.463 e. The molecule has 6 nitrogen and oxygen atoms in total. The van der Waals surface area contributed by atoms with Crippen molar-refractivity contribution >= 4 is 11.9 Å². The van der Waals surface area contributed by atoms with Crippen LogP contribution in [0.3, 0.4) is 0 Å². The molecular formula is C46H78O6. The van der Waals surface area contributed by atoms with Crippen molar-refractivity contribution in [2.24, 2.45) is 5.92 Å². The van der Waals surface area contributed by atoms with Crippen molar-refractivity contribution in [2.75, 3.05) is 13.2 Å². The Kier molecular flexibility index (Phi) is 32.6. The van der Waals surface area contributed by atoms with Gasteiger partial charge in [-0.2, -0.15) is 0 Å². The summed E-state index contributed by atoms with van der Waals surface area (Å²) in [5.41, 5.74) is 0. The summed E-state index contributed by atoms with van der Waals surface area (Å²) >= 11 is 0. The third kappa shape index (κ3) is 32.2. The molecule has 1 heterocycles. The molecule has 0 aliphatic carbocycles. The van der Waals surface area contributed by atoms with Gasteiger partial charge in [0.05, 0.1) is 12.2 Å². The zero-order chi connectivity index (χ0) is 37.7. The van der Waals surface area contributed by atoms with Crippen LogP contribution in [0.1, 0.15) is 181 Å². The first-order valence-electron chi connectivity index (χ1n) is 21.4. The summed E-state index contributed by atoms with van der Waals surface area (Å²) in [7, 11) is 0. The lowest BCUT2D eigenvalue weighted by Gasteiger charge is -2.12. The Morgan fingerprint density at radius 1 is 0.577 bits per heavy atom. The van der Waals surface area contributed by atoms with E-state index in [1.807, 2.05) is 12.2 Å². The Hall–Kier alpha value is -2.44. The summed E-state index contributed by atoms with van der Waals surface area (Å²) in [5, 5.41) is 10.0. The van der Waals surface area contributed by atoms with Gasteiger partial charge < -0.3 is 19.3 Å². The first-order chi connectivity index (χ1) is 25.5. The van der Waals surface area contributed by atoms with Crippen LogP contribution in [0.25, 0.3) is 0 Å². The summed E-state index contributed by atoms with van der Waals surface area (Å²) in [5.74, 6) is 0.234. The van der Waals surface area contributed by atoms with Crippen molar-refractivity contribution in [3.8, 4) is 0 Å². The van der Waals surface area contributed by atoms with Gasteiger partial charge in [0.1, 0.15) is 19.3 Å². The number of unbranched alkanes of at least 4 members (excludes halogenated alkanes) is 13. The van der Waals surface area contributed by atoms with Crippen LogP contribution < -0.4 is 0 Å². The molecule has 0 amide bonds. The summed E-state index contributed by atoms with van der Waals surface area (Å²) in [6.45, 7) is 6.51. The predicted molar refractivity (Wildman–Crippen MR) is 218 cm³/mol. The molecule has 0 radical (unpaired) electrons. The molecule has 298 valence electrons. The lowest BCUT2D eigenvalue weighted by atomic mass is 9.99. The lowest BCUT2D eigenvalue weighted by Crippen LogP contribution is -2.25. The Labute approximate surface area is 319 Å². The molecule has 6 heteroatoms. The van der Waals surface area contributed by atoms with Gasteiger partial charge in [0.2, 0.25) is 0 Å². The number of esters is 2. The standard InChI is InChI=1S/C46H78O6/c1-4-6-29-35-43-44(52-43)36-31-26-22-18-14-11-12-16-20-24-28-33-38-46(49)51-40-42(47)39-50-45(48)37-32-27-23-19-15-10-8-7-9-13-17-21-25-30-34-41(3)5-2/h6,12,14,16,18,24,26,28-29,31,41-44,47H,4-5,7-11,13,15,17,19-23,25,27,30,32-40H2,1-3H3/b16-12-,18-14-,28-24-,29-6-,31-26-/t41?,42-,43?,44?/m0/s1. The second-order valence-corrected chi connectivity index (χ2v) is 14.7. The highest BCUT2D eigenvalue weighted by Crippen LogP contribution is 2.29. The molecule has 1 fully saturated rings. The fourth-order valence-electron chi connectivity index (χ4n) is 6.01. The van der Waals surface area contributed by atoms with Crippen LogP contribution in [-0.4, -0.2) is 48.6 Å². The lowest BCUT2D eigenvalue weighted by molar-refractivity contribution is -0.152. The second kappa shape index (κ2) is 35.6.